The Balaban J connectivity index is 3.06. The van der Waals surface area contributed by atoms with Gasteiger partial charge in [0.05, 0.1) is 12.0 Å². The second-order valence-corrected chi connectivity index (χ2v) is 3.00. The van der Waals surface area contributed by atoms with Crippen LogP contribution in [0, 0.1) is 12.3 Å². The summed E-state index contributed by atoms with van der Waals surface area (Å²) in [6, 6.07) is 9.62. The molecule has 0 radical (unpaired) electrons. The van der Waals surface area contributed by atoms with Crippen LogP contribution in [0.4, 0.5) is 0 Å². The molecule has 12 heavy (non-hydrogen) atoms. The first-order valence-corrected chi connectivity index (χ1v) is 3.87. The number of rotatable bonds is 2. The number of terminal acetylenes is 1. The van der Waals surface area contributed by atoms with Gasteiger partial charge in [0, 0.05) is 0 Å². The van der Waals surface area contributed by atoms with E-state index in [4.69, 9.17) is 11.5 Å². The predicted molar refractivity (Wildman–Crippen MR) is 49.7 cm³/mol. The van der Waals surface area contributed by atoms with Crippen molar-refractivity contribution in [3.63, 3.8) is 0 Å². The minimum atomic E-state index is -0.540. The Kier molecular flexibility index (Phi) is 2.52. The third-order valence-corrected chi connectivity index (χ3v) is 2.05. The van der Waals surface area contributed by atoms with Crippen molar-refractivity contribution in [2.75, 3.05) is 6.61 Å². The van der Waals surface area contributed by atoms with Crippen molar-refractivity contribution in [3.8, 4) is 12.3 Å². The lowest BCUT2D eigenvalue weighted by molar-refractivity contribution is 0.241. The summed E-state index contributed by atoms with van der Waals surface area (Å²) in [5.74, 6) is 2.59. The minimum Gasteiger partial charge on any atom is -0.394 e. The zero-order valence-electron chi connectivity index (χ0n) is 7.12. The molecule has 1 heteroatoms. The highest BCUT2D eigenvalue weighted by Crippen LogP contribution is 2.21. The monoisotopic (exact) mass is 160 g/mol. The molecule has 1 aromatic carbocycles. The molecule has 0 spiro atoms. The molecule has 0 fully saturated rings. The molecule has 0 amide bonds. The van der Waals surface area contributed by atoms with Gasteiger partial charge in [0.2, 0.25) is 0 Å². The van der Waals surface area contributed by atoms with Crippen molar-refractivity contribution in [3.05, 3.63) is 35.9 Å². The topological polar surface area (TPSA) is 20.2 Å². The fourth-order valence-corrected chi connectivity index (χ4v) is 1.03. The van der Waals surface area contributed by atoms with Gasteiger partial charge in [-0.05, 0) is 12.5 Å². The molecule has 1 N–H and O–H groups in total. The van der Waals surface area contributed by atoms with Crippen molar-refractivity contribution in [1.82, 2.24) is 0 Å². The van der Waals surface area contributed by atoms with Gasteiger partial charge in [-0.1, -0.05) is 36.3 Å². The molecule has 0 saturated heterocycles. The third-order valence-electron chi connectivity index (χ3n) is 2.05. The van der Waals surface area contributed by atoms with E-state index in [2.05, 4.69) is 5.92 Å². The van der Waals surface area contributed by atoms with Gasteiger partial charge in [-0.25, -0.2) is 0 Å². The van der Waals surface area contributed by atoms with Gasteiger partial charge in [-0.2, -0.15) is 0 Å². The average Bonchev–Trinajstić information content (AvgIpc) is 2.18. The molecule has 0 aliphatic rings. The summed E-state index contributed by atoms with van der Waals surface area (Å²) in [4.78, 5) is 0. The Hall–Kier alpha value is -1.26. The third kappa shape index (κ3) is 1.49. The number of benzene rings is 1. The Morgan fingerprint density at radius 1 is 1.42 bits per heavy atom. The number of aliphatic hydroxyl groups is 1. The summed E-state index contributed by atoms with van der Waals surface area (Å²) < 4.78 is 0. The molecule has 1 rings (SSSR count). The maximum atomic E-state index is 9.10. The van der Waals surface area contributed by atoms with Crippen LogP contribution in [0.3, 0.4) is 0 Å². The van der Waals surface area contributed by atoms with E-state index in [1.54, 1.807) is 0 Å². The molecule has 1 unspecified atom stereocenters. The minimum absolute atomic E-state index is 0.0203. The van der Waals surface area contributed by atoms with Gasteiger partial charge in [-0.15, -0.1) is 6.42 Å². The second-order valence-electron chi connectivity index (χ2n) is 3.00. The molecule has 0 saturated carbocycles. The summed E-state index contributed by atoms with van der Waals surface area (Å²) in [6.07, 6.45) is 5.34. The van der Waals surface area contributed by atoms with Crippen LogP contribution in [0.2, 0.25) is 0 Å². The van der Waals surface area contributed by atoms with Crippen LogP contribution in [0.1, 0.15) is 12.5 Å². The number of hydrogen-bond acceptors (Lipinski definition) is 1. The maximum absolute atomic E-state index is 9.10. The van der Waals surface area contributed by atoms with Crippen LogP contribution in [0.25, 0.3) is 0 Å². The zero-order chi connectivity index (χ0) is 9.03. The van der Waals surface area contributed by atoms with Gasteiger partial charge in [-0.3, -0.25) is 0 Å². The van der Waals surface area contributed by atoms with Crippen LogP contribution < -0.4 is 0 Å². The van der Waals surface area contributed by atoms with E-state index in [1.807, 2.05) is 37.3 Å². The molecule has 0 aliphatic heterocycles. The summed E-state index contributed by atoms with van der Waals surface area (Å²) in [5.41, 5.74) is 0.441. The smallest absolute Gasteiger partial charge is 0.0762 e. The maximum Gasteiger partial charge on any atom is 0.0762 e. The van der Waals surface area contributed by atoms with Gasteiger partial charge < -0.3 is 5.11 Å². The lowest BCUT2D eigenvalue weighted by Gasteiger charge is -2.20. The van der Waals surface area contributed by atoms with E-state index in [0.29, 0.717) is 0 Å². The fourth-order valence-electron chi connectivity index (χ4n) is 1.03. The van der Waals surface area contributed by atoms with E-state index < -0.39 is 5.41 Å². The van der Waals surface area contributed by atoms with Crippen molar-refractivity contribution < 1.29 is 5.11 Å². The summed E-state index contributed by atoms with van der Waals surface area (Å²) in [5, 5.41) is 9.10. The van der Waals surface area contributed by atoms with E-state index in [-0.39, 0.29) is 6.61 Å². The van der Waals surface area contributed by atoms with Crippen LogP contribution in [-0.2, 0) is 5.41 Å². The zero-order valence-corrected chi connectivity index (χ0v) is 7.12. The summed E-state index contributed by atoms with van der Waals surface area (Å²) in [6.45, 7) is 1.83. The Morgan fingerprint density at radius 2 is 2.00 bits per heavy atom. The molecule has 1 atom stereocenters. The van der Waals surface area contributed by atoms with Crippen LogP contribution in [0.5, 0.6) is 0 Å². The van der Waals surface area contributed by atoms with Crippen molar-refractivity contribution in [1.29, 1.82) is 0 Å². The quantitative estimate of drug-likeness (QED) is 0.651. The van der Waals surface area contributed by atoms with Crippen molar-refractivity contribution in [2.45, 2.75) is 12.3 Å². The molecular formula is C11H12O. The van der Waals surface area contributed by atoms with E-state index in [0.717, 1.165) is 5.56 Å². The SMILES string of the molecule is C#CC(C)(CO)c1ccccc1. The van der Waals surface area contributed by atoms with Crippen LogP contribution in [-0.4, -0.2) is 11.7 Å². The Morgan fingerprint density at radius 3 is 2.42 bits per heavy atom. The Labute approximate surface area is 73.0 Å². The first-order chi connectivity index (χ1) is 5.73. The summed E-state index contributed by atoms with van der Waals surface area (Å²) in [7, 11) is 0. The molecule has 0 aliphatic carbocycles. The van der Waals surface area contributed by atoms with Crippen LogP contribution in [0.15, 0.2) is 30.3 Å². The molecule has 1 aromatic rings. The van der Waals surface area contributed by atoms with Crippen molar-refractivity contribution in [2.24, 2.45) is 0 Å². The lowest BCUT2D eigenvalue weighted by atomic mass is 9.84. The van der Waals surface area contributed by atoms with Gasteiger partial charge >= 0.3 is 0 Å². The highest BCUT2D eigenvalue weighted by molar-refractivity contribution is 5.32. The molecule has 62 valence electrons. The highest BCUT2D eigenvalue weighted by atomic mass is 16.3. The molecule has 1 nitrogen and oxygen atoms in total. The number of aliphatic hydroxyl groups excluding tert-OH is 1. The van der Waals surface area contributed by atoms with Crippen molar-refractivity contribution >= 4 is 0 Å². The Bertz CT molecular complexity index is 284. The number of hydrogen-bond donors (Lipinski definition) is 1. The van der Waals surface area contributed by atoms with Gasteiger partial charge in [0.15, 0.2) is 0 Å². The lowest BCUT2D eigenvalue weighted by Crippen LogP contribution is -2.24. The second kappa shape index (κ2) is 3.42. The van der Waals surface area contributed by atoms with E-state index in [9.17, 15) is 0 Å². The molecular weight excluding hydrogens is 148 g/mol. The average molecular weight is 160 g/mol. The van der Waals surface area contributed by atoms with Gasteiger partial charge in [0.1, 0.15) is 0 Å². The van der Waals surface area contributed by atoms with E-state index in [1.165, 1.54) is 0 Å². The van der Waals surface area contributed by atoms with E-state index >= 15 is 0 Å². The molecule has 0 bridgehead atoms. The highest BCUT2D eigenvalue weighted by Gasteiger charge is 2.21. The first kappa shape index (κ1) is 8.83. The normalized spacial score (nSPS) is 14.8. The van der Waals surface area contributed by atoms with Gasteiger partial charge in [0.25, 0.3) is 0 Å². The standard InChI is InChI=1S/C11H12O/c1-3-11(2,9-12)10-7-5-4-6-8-10/h1,4-8,12H,9H2,2H3. The predicted octanol–water partition coefficient (Wildman–Crippen LogP) is 1.57. The molecule has 0 aromatic heterocycles. The summed E-state index contributed by atoms with van der Waals surface area (Å²) >= 11 is 0. The van der Waals surface area contributed by atoms with Crippen LogP contribution >= 0.6 is 0 Å². The fraction of sp³-hybridized carbons (Fsp3) is 0.273. The first-order valence-electron chi connectivity index (χ1n) is 3.87. The largest absolute Gasteiger partial charge is 0.394 e. The molecule has 0 heterocycles.